The lowest BCUT2D eigenvalue weighted by atomic mass is 10.2. The molecule has 1 aromatic rings. The second-order valence-electron chi connectivity index (χ2n) is 8.56. The molecule has 0 aliphatic carbocycles. The van der Waals surface area contributed by atoms with Gasteiger partial charge in [-0.05, 0) is 31.7 Å². The highest BCUT2D eigenvalue weighted by molar-refractivity contribution is 6.18. The zero-order valence-electron chi connectivity index (χ0n) is 22.2. The Kier molecular flexibility index (Phi) is 18.9. The summed E-state index contributed by atoms with van der Waals surface area (Å²) in [6.45, 7) is 12.0. The first-order valence-electron chi connectivity index (χ1n) is 12.6. The van der Waals surface area contributed by atoms with E-state index in [4.69, 9.17) is 32.7 Å². The van der Waals surface area contributed by atoms with Gasteiger partial charge in [-0.15, -0.1) is 23.2 Å². The molecular weight excluding hydrogens is 517 g/mol. The first kappa shape index (κ1) is 33.1. The van der Waals surface area contributed by atoms with Gasteiger partial charge in [0.1, 0.15) is 6.61 Å². The van der Waals surface area contributed by atoms with Gasteiger partial charge in [0.05, 0.1) is 19.8 Å². The van der Waals surface area contributed by atoms with Gasteiger partial charge in [-0.3, -0.25) is 9.59 Å². The lowest BCUT2D eigenvalue weighted by Gasteiger charge is -2.23. The average Bonchev–Trinajstić information content (AvgIpc) is 2.88. The first-order valence-corrected chi connectivity index (χ1v) is 13.6. The van der Waals surface area contributed by atoms with Crippen molar-refractivity contribution in [3.63, 3.8) is 0 Å². The van der Waals surface area contributed by atoms with Gasteiger partial charge in [-0.2, -0.15) is 0 Å². The Balaban J connectivity index is 2.03. The molecule has 37 heavy (non-hydrogen) atoms. The van der Waals surface area contributed by atoms with Crippen LogP contribution in [0, 0.1) is 0 Å². The third kappa shape index (κ3) is 16.5. The molecule has 0 radical (unpaired) electrons. The number of nitrogens with one attached hydrogen (secondary N) is 3. The van der Waals surface area contributed by atoms with Crippen LogP contribution in [0.3, 0.4) is 0 Å². The Morgan fingerprint density at radius 1 is 0.892 bits per heavy atom. The molecule has 11 heteroatoms. The van der Waals surface area contributed by atoms with E-state index in [1.807, 2.05) is 7.05 Å². The molecule has 0 atom stereocenters. The average molecular weight is 561 g/mol. The number of carbonyl (C=O) groups excluding carboxylic acids is 2. The number of hydrogen-bond acceptors (Lipinski definition) is 7. The molecule has 0 aliphatic rings. The van der Waals surface area contributed by atoms with Crippen molar-refractivity contribution < 1.29 is 19.1 Å². The zero-order valence-corrected chi connectivity index (χ0v) is 23.7. The second-order valence-corrected chi connectivity index (χ2v) is 9.32. The maximum Gasteiger partial charge on any atom is 0.246 e. The predicted molar refractivity (Wildman–Crippen MR) is 152 cm³/mol. The van der Waals surface area contributed by atoms with Gasteiger partial charge in [0, 0.05) is 75.4 Å². The summed E-state index contributed by atoms with van der Waals surface area (Å²) in [5, 5.41) is 8.98. The lowest BCUT2D eigenvalue weighted by Crippen LogP contribution is -2.37. The fourth-order valence-corrected chi connectivity index (χ4v) is 3.63. The molecule has 0 heterocycles. The summed E-state index contributed by atoms with van der Waals surface area (Å²) >= 11 is 11.8. The van der Waals surface area contributed by atoms with Crippen molar-refractivity contribution in [2.45, 2.75) is 13.5 Å². The zero-order chi connectivity index (χ0) is 27.3. The van der Waals surface area contributed by atoms with Crippen LogP contribution in [0.15, 0.2) is 36.4 Å². The third-order valence-electron chi connectivity index (χ3n) is 5.35. The van der Waals surface area contributed by atoms with Crippen LogP contribution in [0.1, 0.15) is 12.5 Å². The maximum atomic E-state index is 11.9. The van der Waals surface area contributed by atoms with Gasteiger partial charge in [-0.25, -0.2) is 0 Å². The molecule has 9 nitrogen and oxygen atoms in total. The summed E-state index contributed by atoms with van der Waals surface area (Å²) in [5.74, 6) is 0.802. The van der Waals surface area contributed by atoms with Crippen LogP contribution in [0.2, 0.25) is 0 Å². The molecule has 1 aromatic carbocycles. The monoisotopic (exact) mass is 559 g/mol. The van der Waals surface area contributed by atoms with Crippen LogP contribution in [-0.4, -0.2) is 108 Å². The van der Waals surface area contributed by atoms with Crippen molar-refractivity contribution in [2.24, 2.45) is 0 Å². The molecule has 0 aromatic heterocycles. The van der Waals surface area contributed by atoms with E-state index in [0.29, 0.717) is 50.2 Å². The number of halogens is 2. The van der Waals surface area contributed by atoms with E-state index in [0.717, 1.165) is 45.0 Å². The molecule has 0 spiro atoms. The topological polar surface area (TPSA) is 95.2 Å². The SMILES string of the molecule is C=C(C)C(=O)NCCOCCOCC(=O)NCCN(C)CCNCc1ccc(N(CCCl)CCCl)cc1. The normalized spacial score (nSPS) is 10.9. The Bertz CT molecular complexity index is 777. The first-order chi connectivity index (χ1) is 17.9. The number of nitrogens with zero attached hydrogens (tertiary/aromatic N) is 2. The van der Waals surface area contributed by atoms with Crippen LogP contribution in [-0.2, 0) is 25.6 Å². The van der Waals surface area contributed by atoms with Gasteiger partial charge in [-0.1, -0.05) is 18.7 Å². The number of alkyl halides is 2. The van der Waals surface area contributed by atoms with Gasteiger partial charge in [0.2, 0.25) is 11.8 Å². The Morgan fingerprint density at radius 2 is 1.54 bits per heavy atom. The molecule has 0 saturated heterocycles. The number of benzene rings is 1. The highest BCUT2D eigenvalue weighted by Gasteiger charge is 2.06. The maximum absolute atomic E-state index is 11.9. The molecule has 0 aliphatic heterocycles. The van der Waals surface area contributed by atoms with Gasteiger partial charge >= 0.3 is 0 Å². The van der Waals surface area contributed by atoms with Crippen molar-refractivity contribution >= 4 is 40.7 Å². The Hall–Kier alpha value is -1.88. The minimum atomic E-state index is -0.186. The highest BCUT2D eigenvalue weighted by Crippen LogP contribution is 2.15. The van der Waals surface area contributed by atoms with E-state index in [2.05, 4.69) is 56.6 Å². The number of ether oxygens (including phenoxy) is 2. The second kappa shape index (κ2) is 21.1. The Labute approximate surface area is 231 Å². The minimum absolute atomic E-state index is 0.00464. The summed E-state index contributed by atoms with van der Waals surface area (Å²) < 4.78 is 10.6. The summed E-state index contributed by atoms with van der Waals surface area (Å²) in [5.41, 5.74) is 2.81. The standard InChI is InChI=1S/C26H43Cl2N5O4/c1-22(2)26(35)31-12-17-36-18-19-37-21-25(34)30-11-16-32(3)15-10-29-20-23-4-6-24(7-5-23)33(13-8-27)14-9-28/h4-7,29H,1,8-21H2,2-3H3,(H,30,34)(H,31,35). The smallest absolute Gasteiger partial charge is 0.246 e. The molecule has 0 fully saturated rings. The fraction of sp³-hybridized carbons (Fsp3) is 0.615. The van der Waals surface area contributed by atoms with Crippen molar-refractivity contribution in [3.05, 3.63) is 42.0 Å². The molecule has 0 bridgehead atoms. The molecule has 0 saturated carbocycles. The van der Waals surface area contributed by atoms with E-state index in [-0.39, 0.29) is 18.4 Å². The quantitative estimate of drug-likeness (QED) is 0.113. The molecule has 2 amide bonds. The minimum Gasteiger partial charge on any atom is -0.377 e. The summed E-state index contributed by atoms with van der Waals surface area (Å²) in [6, 6.07) is 8.45. The van der Waals surface area contributed by atoms with E-state index in [9.17, 15) is 9.59 Å². The fourth-order valence-electron chi connectivity index (χ4n) is 3.22. The molecular formula is C26H43Cl2N5O4. The van der Waals surface area contributed by atoms with Crippen molar-refractivity contribution in [3.8, 4) is 0 Å². The van der Waals surface area contributed by atoms with Crippen molar-refractivity contribution in [1.29, 1.82) is 0 Å². The third-order valence-corrected chi connectivity index (χ3v) is 5.69. The van der Waals surface area contributed by atoms with Crippen LogP contribution >= 0.6 is 23.2 Å². The number of amides is 2. The number of rotatable bonds is 22. The summed E-state index contributed by atoms with van der Waals surface area (Å²) in [4.78, 5) is 27.5. The molecule has 210 valence electrons. The molecule has 0 unspecified atom stereocenters. The number of carbonyl (C=O) groups is 2. The lowest BCUT2D eigenvalue weighted by molar-refractivity contribution is -0.126. The number of anilines is 1. The summed E-state index contributed by atoms with van der Waals surface area (Å²) in [7, 11) is 2.03. The Morgan fingerprint density at radius 3 is 2.19 bits per heavy atom. The van der Waals surface area contributed by atoms with Gasteiger partial charge < -0.3 is 35.2 Å². The largest absolute Gasteiger partial charge is 0.377 e. The highest BCUT2D eigenvalue weighted by atomic mass is 35.5. The molecule has 1 rings (SSSR count). The number of hydrogen-bond donors (Lipinski definition) is 3. The number of likely N-dealkylation sites (N-methyl/N-ethyl adjacent to an activating group) is 1. The molecule has 3 N–H and O–H groups in total. The van der Waals surface area contributed by atoms with Gasteiger partial charge in [0.15, 0.2) is 0 Å². The van der Waals surface area contributed by atoms with E-state index in [1.165, 1.54) is 5.56 Å². The van der Waals surface area contributed by atoms with Crippen molar-refractivity contribution in [1.82, 2.24) is 20.9 Å². The van der Waals surface area contributed by atoms with Crippen LogP contribution < -0.4 is 20.9 Å². The van der Waals surface area contributed by atoms with Crippen LogP contribution in [0.5, 0.6) is 0 Å². The van der Waals surface area contributed by atoms with Crippen LogP contribution in [0.4, 0.5) is 5.69 Å². The van der Waals surface area contributed by atoms with Gasteiger partial charge in [0.25, 0.3) is 0 Å². The van der Waals surface area contributed by atoms with E-state index < -0.39 is 0 Å². The van der Waals surface area contributed by atoms with E-state index >= 15 is 0 Å². The predicted octanol–water partition coefficient (Wildman–Crippen LogP) is 1.83. The van der Waals surface area contributed by atoms with Crippen molar-refractivity contribution in [2.75, 3.05) is 95.9 Å². The summed E-state index contributed by atoms with van der Waals surface area (Å²) in [6.07, 6.45) is 0. The van der Waals surface area contributed by atoms with E-state index in [1.54, 1.807) is 6.92 Å². The van der Waals surface area contributed by atoms with Crippen LogP contribution in [0.25, 0.3) is 0 Å².